The number of hydrogen-bond donors (Lipinski definition) is 0. The Morgan fingerprint density at radius 1 is 1.23 bits per heavy atom. The van der Waals surface area contributed by atoms with Crippen LogP contribution < -0.4 is 9.47 Å². The molecule has 1 aliphatic carbocycles. The summed E-state index contributed by atoms with van der Waals surface area (Å²) in [5, 5.41) is 9.41. The molecule has 2 unspecified atom stereocenters. The quantitative estimate of drug-likeness (QED) is 0.771. The van der Waals surface area contributed by atoms with Crippen molar-refractivity contribution >= 4 is 0 Å². The molecule has 0 aliphatic heterocycles. The molecule has 0 amide bonds. The molecule has 0 saturated carbocycles. The molecular weight excluding hydrogens is 278 g/mol. The summed E-state index contributed by atoms with van der Waals surface area (Å²) in [4.78, 5) is 0. The van der Waals surface area contributed by atoms with Crippen LogP contribution in [0.1, 0.15) is 19.8 Å². The van der Waals surface area contributed by atoms with Crippen molar-refractivity contribution in [1.29, 1.82) is 5.26 Å². The van der Waals surface area contributed by atoms with Crippen LogP contribution in [0, 0.1) is 11.3 Å². The molecule has 0 heterocycles. The largest absolute Gasteiger partial charge is 0.497 e. The van der Waals surface area contributed by atoms with Gasteiger partial charge < -0.3 is 14.2 Å². The van der Waals surface area contributed by atoms with Gasteiger partial charge in [0.2, 0.25) is 0 Å². The second-order valence-corrected chi connectivity index (χ2v) is 5.13. The molecule has 1 aromatic rings. The second kappa shape index (κ2) is 7.67. The van der Waals surface area contributed by atoms with E-state index >= 15 is 0 Å². The summed E-state index contributed by atoms with van der Waals surface area (Å²) in [6, 6.07) is 9.67. The van der Waals surface area contributed by atoms with Crippen LogP contribution in [0.5, 0.6) is 11.5 Å². The zero-order chi connectivity index (χ0) is 15.8. The summed E-state index contributed by atoms with van der Waals surface area (Å²) in [7, 11) is 1.63. The van der Waals surface area contributed by atoms with Crippen molar-refractivity contribution < 1.29 is 14.2 Å². The summed E-state index contributed by atoms with van der Waals surface area (Å²) in [6.07, 6.45) is 8.73. The molecule has 4 heteroatoms. The van der Waals surface area contributed by atoms with Crippen molar-refractivity contribution in [2.45, 2.75) is 31.5 Å². The molecule has 116 valence electrons. The topological polar surface area (TPSA) is 51.5 Å². The lowest BCUT2D eigenvalue weighted by molar-refractivity contribution is -0.0496. The van der Waals surface area contributed by atoms with E-state index < -0.39 is 5.60 Å². The van der Waals surface area contributed by atoms with Gasteiger partial charge in [0, 0.05) is 6.42 Å². The maximum atomic E-state index is 9.41. The van der Waals surface area contributed by atoms with Gasteiger partial charge in [-0.05, 0) is 36.8 Å². The first-order valence-corrected chi connectivity index (χ1v) is 7.41. The first-order chi connectivity index (χ1) is 10.7. The third-order valence-corrected chi connectivity index (χ3v) is 3.55. The van der Waals surface area contributed by atoms with Gasteiger partial charge in [-0.25, -0.2) is 0 Å². The highest BCUT2D eigenvalue weighted by Crippen LogP contribution is 2.25. The molecule has 0 aromatic heterocycles. The third-order valence-electron chi connectivity index (χ3n) is 3.55. The van der Waals surface area contributed by atoms with Crippen LogP contribution >= 0.6 is 0 Å². The van der Waals surface area contributed by atoms with Crippen molar-refractivity contribution in [2.75, 3.05) is 13.7 Å². The van der Waals surface area contributed by atoms with E-state index in [9.17, 15) is 5.26 Å². The standard InChI is InChI=1S/C18H21NO3/c1-3-15(22-18(14-19)11-5-4-6-12-18)13-21-17-9-7-16(20-2)8-10-17/h4-11,15H,3,12-13H2,1-2H3. The molecule has 4 nitrogen and oxygen atoms in total. The van der Waals surface area contributed by atoms with Crippen LogP contribution in [-0.2, 0) is 4.74 Å². The first-order valence-electron chi connectivity index (χ1n) is 7.41. The Morgan fingerprint density at radius 3 is 2.50 bits per heavy atom. The lowest BCUT2D eigenvalue weighted by Gasteiger charge is -2.29. The van der Waals surface area contributed by atoms with Crippen LogP contribution in [0.3, 0.4) is 0 Å². The van der Waals surface area contributed by atoms with Gasteiger partial charge >= 0.3 is 0 Å². The Morgan fingerprint density at radius 2 is 1.95 bits per heavy atom. The maximum absolute atomic E-state index is 9.41. The molecule has 1 aromatic carbocycles. The summed E-state index contributed by atoms with van der Waals surface area (Å²) in [5.74, 6) is 1.55. The number of ether oxygens (including phenoxy) is 3. The monoisotopic (exact) mass is 299 g/mol. The highest BCUT2D eigenvalue weighted by atomic mass is 16.5. The van der Waals surface area contributed by atoms with E-state index in [0.717, 1.165) is 17.9 Å². The second-order valence-electron chi connectivity index (χ2n) is 5.13. The zero-order valence-electron chi connectivity index (χ0n) is 13.0. The van der Waals surface area contributed by atoms with E-state index in [-0.39, 0.29) is 6.10 Å². The Balaban J connectivity index is 1.93. The van der Waals surface area contributed by atoms with E-state index in [0.29, 0.717) is 13.0 Å². The smallest absolute Gasteiger partial charge is 0.176 e. The van der Waals surface area contributed by atoms with Gasteiger partial charge in [-0.2, -0.15) is 5.26 Å². The van der Waals surface area contributed by atoms with Crippen molar-refractivity contribution in [3.05, 3.63) is 48.6 Å². The van der Waals surface area contributed by atoms with Gasteiger partial charge in [0.05, 0.1) is 13.2 Å². The van der Waals surface area contributed by atoms with Crippen molar-refractivity contribution in [3.8, 4) is 17.6 Å². The van der Waals surface area contributed by atoms with Crippen LogP contribution in [0.15, 0.2) is 48.6 Å². The highest BCUT2D eigenvalue weighted by molar-refractivity contribution is 5.31. The number of hydrogen-bond acceptors (Lipinski definition) is 4. The minimum absolute atomic E-state index is 0.141. The van der Waals surface area contributed by atoms with Gasteiger partial charge in [0.15, 0.2) is 5.60 Å². The lowest BCUT2D eigenvalue weighted by Crippen LogP contribution is -2.36. The van der Waals surface area contributed by atoms with E-state index in [4.69, 9.17) is 14.2 Å². The lowest BCUT2D eigenvalue weighted by atomic mass is 9.96. The molecule has 0 fully saturated rings. The number of benzene rings is 1. The van der Waals surface area contributed by atoms with Crippen LogP contribution in [-0.4, -0.2) is 25.4 Å². The van der Waals surface area contributed by atoms with Gasteiger partial charge in [0.1, 0.15) is 24.2 Å². The summed E-state index contributed by atoms with van der Waals surface area (Å²) >= 11 is 0. The van der Waals surface area contributed by atoms with Gasteiger partial charge in [-0.1, -0.05) is 25.2 Å². The minimum Gasteiger partial charge on any atom is -0.497 e. The average molecular weight is 299 g/mol. The zero-order valence-corrected chi connectivity index (χ0v) is 13.0. The predicted octanol–water partition coefficient (Wildman–Crippen LogP) is 3.65. The molecule has 0 radical (unpaired) electrons. The Labute approximate surface area is 131 Å². The number of nitrogens with zero attached hydrogens (tertiary/aromatic N) is 1. The summed E-state index contributed by atoms with van der Waals surface area (Å²) < 4.78 is 16.9. The Hall–Kier alpha value is -2.25. The minimum atomic E-state index is -0.876. The van der Waals surface area contributed by atoms with E-state index in [1.165, 1.54) is 0 Å². The molecule has 0 bridgehead atoms. The highest BCUT2D eigenvalue weighted by Gasteiger charge is 2.31. The van der Waals surface area contributed by atoms with E-state index in [2.05, 4.69) is 6.07 Å². The van der Waals surface area contributed by atoms with Crippen molar-refractivity contribution in [3.63, 3.8) is 0 Å². The number of nitriles is 1. The van der Waals surface area contributed by atoms with E-state index in [1.807, 2.05) is 55.5 Å². The summed E-state index contributed by atoms with van der Waals surface area (Å²) in [6.45, 7) is 2.43. The normalized spacial score (nSPS) is 21.1. The Bertz CT molecular complexity index is 571. The van der Waals surface area contributed by atoms with E-state index in [1.54, 1.807) is 7.11 Å². The molecule has 1 aliphatic rings. The fourth-order valence-corrected chi connectivity index (χ4v) is 2.19. The Kier molecular flexibility index (Phi) is 5.62. The fourth-order valence-electron chi connectivity index (χ4n) is 2.19. The average Bonchev–Trinajstić information content (AvgIpc) is 2.60. The molecule has 0 saturated heterocycles. The first kappa shape index (κ1) is 16.1. The van der Waals surface area contributed by atoms with Crippen LogP contribution in [0.4, 0.5) is 0 Å². The maximum Gasteiger partial charge on any atom is 0.176 e. The number of methoxy groups -OCH3 is 1. The molecule has 2 atom stereocenters. The molecule has 0 spiro atoms. The van der Waals surface area contributed by atoms with Gasteiger partial charge in [-0.15, -0.1) is 0 Å². The molecular formula is C18H21NO3. The van der Waals surface area contributed by atoms with Gasteiger partial charge in [-0.3, -0.25) is 0 Å². The number of allylic oxidation sites excluding steroid dienone is 2. The molecule has 2 rings (SSSR count). The fraction of sp³-hybridized carbons (Fsp3) is 0.389. The van der Waals surface area contributed by atoms with Gasteiger partial charge in [0.25, 0.3) is 0 Å². The summed E-state index contributed by atoms with van der Waals surface area (Å²) in [5.41, 5.74) is -0.876. The predicted molar refractivity (Wildman–Crippen MR) is 84.9 cm³/mol. The van der Waals surface area contributed by atoms with Crippen molar-refractivity contribution in [2.24, 2.45) is 0 Å². The molecule has 0 N–H and O–H groups in total. The van der Waals surface area contributed by atoms with Crippen LogP contribution in [0.25, 0.3) is 0 Å². The third kappa shape index (κ3) is 4.12. The van der Waals surface area contributed by atoms with Crippen LogP contribution in [0.2, 0.25) is 0 Å². The SMILES string of the molecule is CCC(COc1ccc(OC)cc1)OC1(C#N)C=CC=CC1. The molecule has 22 heavy (non-hydrogen) atoms. The number of rotatable bonds is 7. The van der Waals surface area contributed by atoms with Crippen molar-refractivity contribution in [1.82, 2.24) is 0 Å².